The fourth-order valence-electron chi connectivity index (χ4n) is 2.35. The van der Waals surface area contributed by atoms with E-state index in [1.807, 2.05) is 25.1 Å². The summed E-state index contributed by atoms with van der Waals surface area (Å²) in [6, 6.07) is 7.94. The molecule has 0 saturated carbocycles. The number of methoxy groups -OCH3 is 1. The predicted octanol–water partition coefficient (Wildman–Crippen LogP) is 4.03. The largest absolute Gasteiger partial charge is 0.496 e. The average Bonchev–Trinajstić information content (AvgIpc) is 3.00. The maximum atomic E-state index is 5.47. The van der Waals surface area contributed by atoms with Gasteiger partial charge in [-0.15, -0.1) is 0 Å². The minimum absolute atomic E-state index is 0.726. The minimum Gasteiger partial charge on any atom is -0.496 e. The number of aryl methyl sites for hydroxylation is 1. The van der Waals surface area contributed by atoms with Crippen LogP contribution in [0.4, 0.5) is 0 Å². The number of pyridine rings is 1. The lowest BCUT2D eigenvalue weighted by Crippen LogP contribution is -1.92. The lowest BCUT2D eigenvalue weighted by atomic mass is 9.99. The van der Waals surface area contributed by atoms with Crippen molar-refractivity contribution in [3.8, 4) is 28.2 Å². The molecule has 0 bridgehead atoms. The van der Waals surface area contributed by atoms with Crippen LogP contribution in [0.5, 0.6) is 5.75 Å². The van der Waals surface area contributed by atoms with Gasteiger partial charge in [0.05, 0.1) is 18.9 Å². The highest BCUT2D eigenvalue weighted by Gasteiger charge is 2.15. The molecular formula is C17H16N2O2. The average molecular weight is 280 g/mol. The Morgan fingerprint density at radius 3 is 2.67 bits per heavy atom. The summed E-state index contributed by atoms with van der Waals surface area (Å²) in [7, 11) is 1.67. The summed E-state index contributed by atoms with van der Waals surface area (Å²) in [4.78, 5) is 4.15. The molecule has 3 rings (SSSR count). The van der Waals surface area contributed by atoms with E-state index in [0.29, 0.717) is 0 Å². The van der Waals surface area contributed by atoms with Crippen LogP contribution in [0.2, 0.25) is 0 Å². The highest BCUT2D eigenvalue weighted by molar-refractivity contribution is 5.79. The highest BCUT2D eigenvalue weighted by Crippen LogP contribution is 2.35. The monoisotopic (exact) mass is 280 g/mol. The third kappa shape index (κ3) is 2.40. The van der Waals surface area contributed by atoms with Gasteiger partial charge >= 0.3 is 0 Å². The Bertz CT molecular complexity index is 764. The first-order valence-electron chi connectivity index (χ1n) is 6.71. The van der Waals surface area contributed by atoms with E-state index in [2.05, 4.69) is 23.1 Å². The number of rotatable bonds is 3. The smallest absolute Gasteiger partial charge is 0.174 e. The molecule has 0 aliphatic rings. The Labute approximate surface area is 123 Å². The number of hydrogen-bond acceptors (Lipinski definition) is 4. The lowest BCUT2D eigenvalue weighted by Gasteiger charge is -2.10. The SMILES string of the molecule is COc1cc(-c2oncc2-c2cccnc2)cc(C)c1C. The second kappa shape index (κ2) is 5.40. The van der Waals surface area contributed by atoms with Crippen molar-refractivity contribution in [2.75, 3.05) is 7.11 Å². The van der Waals surface area contributed by atoms with Crippen LogP contribution in [-0.2, 0) is 0 Å². The van der Waals surface area contributed by atoms with Gasteiger partial charge in [0.15, 0.2) is 5.76 Å². The van der Waals surface area contributed by atoms with E-state index < -0.39 is 0 Å². The maximum Gasteiger partial charge on any atom is 0.174 e. The Morgan fingerprint density at radius 2 is 1.95 bits per heavy atom. The van der Waals surface area contributed by atoms with E-state index in [1.54, 1.807) is 25.7 Å². The normalized spacial score (nSPS) is 10.6. The molecule has 4 heteroatoms. The van der Waals surface area contributed by atoms with Gasteiger partial charge in [0.1, 0.15) is 5.75 Å². The zero-order chi connectivity index (χ0) is 14.8. The van der Waals surface area contributed by atoms with E-state index in [9.17, 15) is 0 Å². The first-order chi connectivity index (χ1) is 10.2. The predicted molar refractivity (Wildman–Crippen MR) is 81.2 cm³/mol. The van der Waals surface area contributed by atoms with Crippen molar-refractivity contribution in [1.29, 1.82) is 0 Å². The van der Waals surface area contributed by atoms with Crippen LogP contribution in [-0.4, -0.2) is 17.3 Å². The zero-order valence-electron chi connectivity index (χ0n) is 12.3. The fraction of sp³-hybridized carbons (Fsp3) is 0.176. The number of hydrogen-bond donors (Lipinski definition) is 0. The van der Waals surface area contributed by atoms with Crippen molar-refractivity contribution < 1.29 is 9.26 Å². The fourth-order valence-corrected chi connectivity index (χ4v) is 2.35. The Balaban J connectivity index is 2.15. The van der Waals surface area contributed by atoms with Crippen LogP contribution in [0.25, 0.3) is 22.5 Å². The molecule has 2 aromatic heterocycles. The second-order valence-electron chi connectivity index (χ2n) is 4.93. The van der Waals surface area contributed by atoms with Gasteiger partial charge in [-0.25, -0.2) is 0 Å². The van der Waals surface area contributed by atoms with E-state index in [1.165, 1.54) is 0 Å². The minimum atomic E-state index is 0.726. The van der Waals surface area contributed by atoms with E-state index >= 15 is 0 Å². The van der Waals surface area contributed by atoms with Gasteiger partial charge in [-0.1, -0.05) is 11.2 Å². The molecule has 0 unspecified atom stereocenters. The van der Waals surface area contributed by atoms with Gasteiger partial charge in [-0.05, 0) is 43.2 Å². The Morgan fingerprint density at radius 1 is 1.10 bits per heavy atom. The molecule has 1 aromatic carbocycles. The van der Waals surface area contributed by atoms with Crippen LogP contribution in [0, 0.1) is 13.8 Å². The van der Waals surface area contributed by atoms with Crippen LogP contribution in [0.3, 0.4) is 0 Å². The molecule has 0 atom stereocenters. The standard InChI is InChI=1S/C17H16N2O2/c1-11-7-14(8-16(20-3)12(11)2)17-15(10-19-21-17)13-5-4-6-18-9-13/h4-10H,1-3H3. The maximum absolute atomic E-state index is 5.47. The number of aromatic nitrogens is 2. The van der Waals surface area contributed by atoms with E-state index in [-0.39, 0.29) is 0 Å². The summed E-state index contributed by atoms with van der Waals surface area (Å²) in [6.07, 6.45) is 5.26. The van der Waals surface area contributed by atoms with Crippen molar-refractivity contribution in [3.63, 3.8) is 0 Å². The molecule has 106 valence electrons. The van der Waals surface area contributed by atoms with Crippen molar-refractivity contribution in [2.45, 2.75) is 13.8 Å². The third-order valence-corrected chi connectivity index (χ3v) is 3.64. The van der Waals surface area contributed by atoms with Gasteiger partial charge < -0.3 is 9.26 Å². The quantitative estimate of drug-likeness (QED) is 0.726. The molecule has 0 amide bonds. The molecule has 0 aliphatic heterocycles. The third-order valence-electron chi connectivity index (χ3n) is 3.64. The summed E-state index contributed by atoms with van der Waals surface area (Å²) in [6.45, 7) is 4.10. The molecule has 0 N–H and O–H groups in total. The number of nitrogens with zero attached hydrogens (tertiary/aromatic N) is 2. The highest BCUT2D eigenvalue weighted by atomic mass is 16.5. The molecule has 21 heavy (non-hydrogen) atoms. The topological polar surface area (TPSA) is 48.2 Å². The molecule has 0 fully saturated rings. The first kappa shape index (κ1) is 13.4. The molecule has 0 spiro atoms. The molecule has 0 radical (unpaired) electrons. The molecule has 3 aromatic rings. The zero-order valence-corrected chi connectivity index (χ0v) is 12.3. The van der Waals surface area contributed by atoms with Crippen molar-refractivity contribution in [1.82, 2.24) is 10.1 Å². The van der Waals surface area contributed by atoms with Crippen molar-refractivity contribution in [3.05, 3.63) is 54.0 Å². The van der Waals surface area contributed by atoms with Gasteiger partial charge in [0.25, 0.3) is 0 Å². The Kier molecular flexibility index (Phi) is 3.44. The van der Waals surface area contributed by atoms with E-state index in [0.717, 1.165) is 39.3 Å². The van der Waals surface area contributed by atoms with Gasteiger partial charge in [0, 0.05) is 23.5 Å². The van der Waals surface area contributed by atoms with Crippen LogP contribution in [0.1, 0.15) is 11.1 Å². The molecule has 4 nitrogen and oxygen atoms in total. The van der Waals surface area contributed by atoms with Gasteiger partial charge in [-0.3, -0.25) is 4.98 Å². The van der Waals surface area contributed by atoms with Gasteiger partial charge in [-0.2, -0.15) is 0 Å². The van der Waals surface area contributed by atoms with Crippen molar-refractivity contribution in [2.24, 2.45) is 0 Å². The molecule has 0 aliphatic carbocycles. The molecule has 0 saturated heterocycles. The second-order valence-corrected chi connectivity index (χ2v) is 4.93. The first-order valence-corrected chi connectivity index (χ1v) is 6.71. The Hall–Kier alpha value is -2.62. The summed E-state index contributed by atoms with van der Waals surface area (Å²) in [5.74, 6) is 1.57. The summed E-state index contributed by atoms with van der Waals surface area (Å²) < 4.78 is 10.9. The summed E-state index contributed by atoms with van der Waals surface area (Å²) >= 11 is 0. The van der Waals surface area contributed by atoms with Crippen LogP contribution in [0.15, 0.2) is 47.4 Å². The number of benzene rings is 1. The van der Waals surface area contributed by atoms with Crippen LogP contribution >= 0.6 is 0 Å². The molecule has 2 heterocycles. The summed E-state index contributed by atoms with van der Waals surface area (Å²) in [5, 5.41) is 3.94. The van der Waals surface area contributed by atoms with E-state index in [4.69, 9.17) is 9.26 Å². The van der Waals surface area contributed by atoms with Crippen LogP contribution < -0.4 is 4.74 Å². The lowest BCUT2D eigenvalue weighted by molar-refractivity contribution is 0.410. The number of ether oxygens (including phenoxy) is 1. The molecular weight excluding hydrogens is 264 g/mol. The van der Waals surface area contributed by atoms with Gasteiger partial charge in [0.2, 0.25) is 0 Å². The van der Waals surface area contributed by atoms with Crippen molar-refractivity contribution >= 4 is 0 Å². The summed E-state index contributed by atoms with van der Waals surface area (Å²) in [5.41, 5.74) is 5.13.